The molecule has 0 radical (unpaired) electrons. The number of piperidine rings is 1. The molecule has 1 aliphatic heterocycles. The van der Waals surface area contributed by atoms with Crippen LogP contribution in [0.5, 0.6) is 0 Å². The van der Waals surface area contributed by atoms with Gasteiger partial charge >= 0.3 is 11.8 Å². The summed E-state index contributed by atoms with van der Waals surface area (Å²) in [4.78, 5) is 16.3. The Hall–Kier alpha value is -1.43. The lowest BCUT2D eigenvalue weighted by atomic mass is 9.91. The maximum atomic E-state index is 12.1. The fraction of sp³-hybridized carbons (Fsp3) is 0.786. The largest absolute Gasteiger partial charge is 0.345 e. The number of carbonyl (C=O) groups is 1. The number of carbonyl (C=O) groups excluding carboxylic acids is 1. The summed E-state index contributed by atoms with van der Waals surface area (Å²) in [6.45, 7) is 10.0. The van der Waals surface area contributed by atoms with Gasteiger partial charge in [-0.1, -0.05) is 25.9 Å². The highest BCUT2D eigenvalue weighted by atomic mass is 16.5. The van der Waals surface area contributed by atoms with Crippen LogP contribution in [0.4, 0.5) is 0 Å². The fourth-order valence-electron chi connectivity index (χ4n) is 2.35. The number of hydrogen-bond donors (Lipinski definition) is 2. The first-order valence-electron chi connectivity index (χ1n) is 7.23. The van der Waals surface area contributed by atoms with Crippen LogP contribution in [-0.2, 0) is 5.41 Å². The Labute approximate surface area is 119 Å². The molecule has 1 aromatic heterocycles. The van der Waals surface area contributed by atoms with Crippen LogP contribution >= 0.6 is 0 Å². The molecule has 112 valence electrons. The Balaban J connectivity index is 1.95. The number of aromatic nitrogens is 2. The summed E-state index contributed by atoms with van der Waals surface area (Å²) in [5.41, 5.74) is -0.220. The monoisotopic (exact) mass is 280 g/mol. The van der Waals surface area contributed by atoms with E-state index in [0.29, 0.717) is 11.7 Å². The van der Waals surface area contributed by atoms with E-state index in [1.165, 1.54) is 0 Å². The highest BCUT2D eigenvalue weighted by Crippen LogP contribution is 2.19. The molecular weight excluding hydrogens is 256 g/mol. The topological polar surface area (TPSA) is 80.1 Å². The molecule has 0 bridgehead atoms. The van der Waals surface area contributed by atoms with Gasteiger partial charge in [0.05, 0.1) is 0 Å². The number of rotatable bonds is 3. The molecule has 2 N–H and O–H groups in total. The second-order valence-electron chi connectivity index (χ2n) is 6.52. The van der Waals surface area contributed by atoms with E-state index >= 15 is 0 Å². The molecule has 2 heterocycles. The number of nitrogens with zero attached hydrogens (tertiary/aromatic N) is 2. The standard InChI is InChI=1S/C14H24N4O2/c1-9(10-5-7-15-8-6-10)16-11(19)12-17-13(18-20-12)14(2,3)4/h9-10,15H,5-8H2,1-4H3,(H,16,19)/t9-/m1/s1. The Morgan fingerprint density at radius 2 is 2.05 bits per heavy atom. The van der Waals surface area contributed by atoms with Crippen LogP contribution in [-0.4, -0.2) is 35.2 Å². The van der Waals surface area contributed by atoms with Crippen LogP contribution in [0.2, 0.25) is 0 Å². The minimum atomic E-state index is -0.279. The summed E-state index contributed by atoms with van der Waals surface area (Å²) < 4.78 is 5.06. The number of hydrogen-bond acceptors (Lipinski definition) is 5. The lowest BCUT2D eigenvalue weighted by Gasteiger charge is -2.28. The molecule has 1 amide bonds. The van der Waals surface area contributed by atoms with Gasteiger partial charge in [-0.25, -0.2) is 0 Å². The van der Waals surface area contributed by atoms with E-state index in [0.717, 1.165) is 25.9 Å². The van der Waals surface area contributed by atoms with Gasteiger partial charge in [0.25, 0.3) is 0 Å². The van der Waals surface area contributed by atoms with Crippen molar-refractivity contribution in [2.24, 2.45) is 5.92 Å². The van der Waals surface area contributed by atoms with Gasteiger partial charge in [0.1, 0.15) is 0 Å². The third-order valence-electron chi connectivity index (χ3n) is 3.74. The lowest BCUT2D eigenvalue weighted by molar-refractivity contribution is 0.0876. The Kier molecular flexibility index (Phi) is 4.42. The van der Waals surface area contributed by atoms with Crippen LogP contribution < -0.4 is 10.6 Å². The zero-order valence-corrected chi connectivity index (χ0v) is 12.7. The van der Waals surface area contributed by atoms with Gasteiger partial charge in [0, 0.05) is 11.5 Å². The zero-order chi connectivity index (χ0) is 14.8. The van der Waals surface area contributed by atoms with Gasteiger partial charge < -0.3 is 15.2 Å². The van der Waals surface area contributed by atoms with E-state index in [2.05, 4.69) is 20.8 Å². The second kappa shape index (κ2) is 5.91. The van der Waals surface area contributed by atoms with Crippen LogP contribution in [0.15, 0.2) is 4.52 Å². The molecule has 1 aliphatic rings. The van der Waals surface area contributed by atoms with Gasteiger partial charge in [0.2, 0.25) is 0 Å². The molecule has 1 fully saturated rings. The van der Waals surface area contributed by atoms with Crippen molar-refractivity contribution in [3.8, 4) is 0 Å². The molecular formula is C14H24N4O2. The maximum absolute atomic E-state index is 12.1. The zero-order valence-electron chi connectivity index (χ0n) is 12.7. The third kappa shape index (κ3) is 3.56. The van der Waals surface area contributed by atoms with Gasteiger partial charge in [-0.15, -0.1) is 0 Å². The van der Waals surface area contributed by atoms with Crippen molar-refractivity contribution in [3.63, 3.8) is 0 Å². The first-order chi connectivity index (χ1) is 9.38. The van der Waals surface area contributed by atoms with E-state index in [1.807, 2.05) is 27.7 Å². The molecule has 0 aliphatic carbocycles. The normalized spacial score (nSPS) is 18.8. The summed E-state index contributed by atoms with van der Waals surface area (Å²) in [5, 5.41) is 10.2. The maximum Gasteiger partial charge on any atom is 0.315 e. The van der Waals surface area contributed by atoms with Crippen molar-refractivity contribution in [2.75, 3.05) is 13.1 Å². The summed E-state index contributed by atoms with van der Waals surface area (Å²) >= 11 is 0. The molecule has 6 nitrogen and oxygen atoms in total. The van der Waals surface area contributed by atoms with Crippen molar-refractivity contribution >= 4 is 5.91 Å². The minimum Gasteiger partial charge on any atom is -0.345 e. The smallest absolute Gasteiger partial charge is 0.315 e. The molecule has 2 rings (SSSR count). The highest BCUT2D eigenvalue weighted by molar-refractivity contribution is 5.89. The Bertz CT molecular complexity index is 458. The van der Waals surface area contributed by atoms with Crippen molar-refractivity contribution in [1.29, 1.82) is 0 Å². The van der Waals surface area contributed by atoms with Gasteiger partial charge in [-0.05, 0) is 38.8 Å². The molecule has 1 saturated heterocycles. The molecule has 0 unspecified atom stereocenters. The first-order valence-corrected chi connectivity index (χ1v) is 7.23. The molecule has 1 atom stereocenters. The van der Waals surface area contributed by atoms with Crippen molar-refractivity contribution < 1.29 is 9.32 Å². The van der Waals surface area contributed by atoms with E-state index in [-0.39, 0.29) is 23.3 Å². The fourth-order valence-corrected chi connectivity index (χ4v) is 2.35. The summed E-state index contributed by atoms with van der Waals surface area (Å²) in [6.07, 6.45) is 2.16. The first kappa shape index (κ1) is 15.0. The molecule has 0 saturated carbocycles. The van der Waals surface area contributed by atoms with E-state index in [1.54, 1.807) is 0 Å². The van der Waals surface area contributed by atoms with Gasteiger partial charge in [0.15, 0.2) is 5.82 Å². The van der Waals surface area contributed by atoms with Crippen LogP contribution in [0, 0.1) is 5.92 Å². The number of nitrogens with one attached hydrogen (secondary N) is 2. The third-order valence-corrected chi connectivity index (χ3v) is 3.74. The Morgan fingerprint density at radius 3 is 2.60 bits per heavy atom. The van der Waals surface area contributed by atoms with E-state index < -0.39 is 0 Å². The molecule has 1 aromatic rings. The number of amides is 1. The highest BCUT2D eigenvalue weighted by Gasteiger charge is 2.26. The van der Waals surface area contributed by atoms with Crippen LogP contribution in [0.25, 0.3) is 0 Å². The summed E-state index contributed by atoms with van der Waals surface area (Å²) in [5.74, 6) is 0.831. The van der Waals surface area contributed by atoms with Crippen LogP contribution in [0.3, 0.4) is 0 Å². The lowest BCUT2D eigenvalue weighted by Crippen LogP contribution is -2.42. The van der Waals surface area contributed by atoms with Gasteiger partial charge in [-0.3, -0.25) is 4.79 Å². The predicted molar refractivity (Wildman–Crippen MR) is 75.5 cm³/mol. The average Bonchev–Trinajstić information content (AvgIpc) is 2.89. The van der Waals surface area contributed by atoms with E-state index in [4.69, 9.17) is 4.52 Å². The average molecular weight is 280 g/mol. The van der Waals surface area contributed by atoms with Gasteiger partial charge in [-0.2, -0.15) is 4.98 Å². The van der Waals surface area contributed by atoms with Crippen molar-refractivity contribution in [3.05, 3.63) is 11.7 Å². The van der Waals surface area contributed by atoms with Crippen molar-refractivity contribution in [2.45, 2.75) is 52.0 Å². The summed E-state index contributed by atoms with van der Waals surface area (Å²) in [6, 6.07) is 0.120. The van der Waals surface area contributed by atoms with E-state index in [9.17, 15) is 4.79 Å². The molecule has 0 spiro atoms. The molecule has 6 heteroatoms. The molecule has 0 aromatic carbocycles. The van der Waals surface area contributed by atoms with Crippen LogP contribution in [0.1, 0.15) is 57.0 Å². The van der Waals surface area contributed by atoms with Crippen molar-refractivity contribution in [1.82, 2.24) is 20.8 Å². The Morgan fingerprint density at radius 1 is 1.40 bits per heavy atom. The molecule has 20 heavy (non-hydrogen) atoms. The summed E-state index contributed by atoms with van der Waals surface area (Å²) in [7, 11) is 0. The quantitative estimate of drug-likeness (QED) is 0.876. The SMILES string of the molecule is C[C@@H](NC(=O)c1nc(C(C)(C)C)no1)C1CCNCC1. The predicted octanol–water partition coefficient (Wildman–Crippen LogP) is 1.48. The second-order valence-corrected chi connectivity index (χ2v) is 6.52. The minimum absolute atomic E-state index is 0.0516.